The maximum Gasteiger partial charge on any atom is 0.251 e. The number of aliphatic hydroxyl groups is 1. The first kappa shape index (κ1) is 26.1. The van der Waals surface area contributed by atoms with Gasteiger partial charge in [-0.3, -0.25) is 14.5 Å². The number of morpholine rings is 1. The Balaban J connectivity index is 1.44. The molecule has 3 aliphatic rings. The number of hydrogen-bond donors (Lipinski definition) is 3. The van der Waals surface area contributed by atoms with E-state index in [0.29, 0.717) is 31.4 Å². The molecular weight excluding hydrogens is 442 g/mol. The van der Waals surface area contributed by atoms with Crippen molar-refractivity contribution in [1.29, 1.82) is 0 Å². The van der Waals surface area contributed by atoms with Crippen LogP contribution >= 0.6 is 0 Å². The zero-order valence-electron chi connectivity index (χ0n) is 21.6. The Morgan fingerprint density at radius 2 is 1.80 bits per heavy atom. The molecule has 3 N–H and O–H groups in total. The Kier molecular flexibility index (Phi) is 7.89. The van der Waals surface area contributed by atoms with Crippen LogP contribution in [0.3, 0.4) is 0 Å². The molecule has 3 fully saturated rings. The minimum absolute atomic E-state index is 0.0209. The van der Waals surface area contributed by atoms with Gasteiger partial charge in [0.15, 0.2) is 0 Å². The van der Waals surface area contributed by atoms with Crippen molar-refractivity contribution in [2.75, 3.05) is 39.4 Å². The predicted octanol–water partition coefficient (Wildman–Crippen LogP) is 2.98. The third-order valence-corrected chi connectivity index (χ3v) is 8.85. The van der Waals surface area contributed by atoms with Gasteiger partial charge in [-0.25, -0.2) is 0 Å². The number of carbonyl (C=O) groups excluding carboxylic acids is 2. The van der Waals surface area contributed by atoms with Crippen LogP contribution in [0.25, 0.3) is 0 Å². The summed E-state index contributed by atoms with van der Waals surface area (Å²) < 4.78 is 5.39. The van der Waals surface area contributed by atoms with Crippen molar-refractivity contribution in [3.8, 4) is 0 Å². The lowest BCUT2D eigenvalue weighted by molar-refractivity contribution is -0.123. The number of carbonyl (C=O) groups is 2. The van der Waals surface area contributed by atoms with E-state index >= 15 is 0 Å². The van der Waals surface area contributed by atoms with Crippen LogP contribution in [0.5, 0.6) is 0 Å². The van der Waals surface area contributed by atoms with Crippen molar-refractivity contribution in [3.63, 3.8) is 0 Å². The molecule has 7 heteroatoms. The molecule has 1 heterocycles. The molecule has 1 aliphatic heterocycles. The largest absolute Gasteiger partial charge is 0.390 e. The van der Waals surface area contributed by atoms with Crippen LogP contribution in [0, 0.1) is 16.7 Å². The number of benzene rings is 1. The van der Waals surface area contributed by atoms with Gasteiger partial charge in [0, 0.05) is 44.2 Å². The van der Waals surface area contributed by atoms with E-state index in [0.717, 1.165) is 52.1 Å². The second-order valence-corrected chi connectivity index (χ2v) is 11.9. The van der Waals surface area contributed by atoms with Crippen molar-refractivity contribution in [2.24, 2.45) is 16.7 Å². The van der Waals surface area contributed by atoms with E-state index in [9.17, 15) is 14.7 Å². The Morgan fingerprint density at radius 1 is 1.09 bits per heavy atom. The normalized spacial score (nSPS) is 32.6. The highest BCUT2D eigenvalue weighted by molar-refractivity contribution is 5.94. The fourth-order valence-electron chi connectivity index (χ4n) is 6.88. The fraction of sp³-hybridized carbons (Fsp3) is 0.714. The first-order valence-electron chi connectivity index (χ1n) is 13.3. The van der Waals surface area contributed by atoms with Crippen LogP contribution in [0.1, 0.15) is 69.7 Å². The van der Waals surface area contributed by atoms with Gasteiger partial charge in [-0.05, 0) is 67.9 Å². The van der Waals surface area contributed by atoms with Gasteiger partial charge >= 0.3 is 0 Å². The second kappa shape index (κ2) is 10.6. The molecule has 1 aromatic rings. The van der Waals surface area contributed by atoms with Gasteiger partial charge in [-0.15, -0.1) is 0 Å². The van der Waals surface area contributed by atoms with Gasteiger partial charge in [0.25, 0.3) is 5.91 Å². The third kappa shape index (κ3) is 6.07. The van der Waals surface area contributed by atoms with Crippen molar-refractivity contribution in [2.45, 2.75) is 70.9 Å². The smallest absolute Gasteiger partial charge is 0.251 e. The van der Waals surface area contributed by atoms with E-state index in [1.807, 2.05) is 37.3 Å². The maximum atomic E-state index is 13.1. The topological polar surface area (TPSA) is 90.9 Å². The van der Waals surface area contributed by atoms with Crippen LogP contribution in [0.2, 0.25) is 0 Å². The van der Waals surface area contributed by atoms with Gasteiger partial charge in [0.05, 0.1) is 18.8 Å². The Morgan fingerprint density at radius 3 is 2.51 bits per heavy atom. The van der Waals surface area contributed by atoms with Crippen LogP contribution in [-0.4, -0.2) is 72.9 Å². The molecule has 4 rings (SSSR count). The lowest BCUT2D eigenvalue weighted by Crippen LogP contribution is -2.52. The predicted molar refractivity (Wildman–Crippen MR) is 136 cm³/mol. The summed E-state index contributed by atoms with van der Waals surface area (Å²) in [5.41, 5.74) is -0.277. The highest BCUT2D eigenvalue weighted by Gasteiger charge is 2.61. The highest BCUT2D eigenvalue weighted by atomic mass is 16.5. The molecule has 7 nitrogen and oxygen atoms in total. The quantitative estimate of drug-likeness (QED) is 0.527. The molecule has 0 spiro atoms. The molecule has 4 unspecified atom stereocenters. The van der Waals surface area contributed by atoms with E-state index in [1.165, 1.54) is 0 Å². The number of nitrogens with one attached hydrogen (secondary N) is 2. The van der Waals surface area contributed by atoms with Crippen molar-refractivity contribution < 1.29 is 19.4 Å². The standard InChI is InChI=1S/C28H43N3O4/c1-26(2)20-23(30-25(33)21-7-5-4-6-8-21)28(12-11-27(3,34)19-22(26)28)10-9-24(32)29-13-14-31-15-17-35-18-16-31/h4-8,22-23,34H,9-20H2,1-3H3,(H,29,32)(H,30,33). The van der Waals surface area contributed by atoms with Crippen molar-refractivity contribution in [3.05, 3.63) is 35.9 Å². The van der Waals surface area contributed by atoms with Gasteiger partial charge in [0.1, 0.15) is 0 Å². The number of hydrogen-bond acceptors (Lipinski definition) is 5. The molecule has 2 saturated carbocycles. The Labute approximate surface area is 210 Å². The van der Waals surface area contributed by atoms with Gasteiger partial charge < -0.3 is 20.5 Å². The Bertz CT molecular complexity index is 881. The fourth-order valence-corrected chi connectivity index (χ4v) is 6.88. The first-order chi connectivity index (χ1) is 16.6. The summed E-state index contributed by atoms with van der Waals surface area (Å²) in [6, 6.07) is 9.33. The summed E-state index contributed by atoms with van der Waals surface area (Å²) in [5.74, 6) is 0.251. The third-order valence-electron chi connectivity index (χ3n) is 8.85. The molecule has 194 valence electrons. The summed E-state index contributed by atoms with van der Waals surface area (Å²) in [6.45, 7) is 11.3. The molecule has 0 radical (unpaired) electrons. The first-order valence-corrected chi connectivity index (χ1v) is 13.3. The zero-order valence-corrected chi connectivity index (χ0v) is 21.6. The van der Waals surface area contributed by atoms with E-state index in [1.54, 1.807) is 0 Å². The molecule has 2 aliphatic carbocycles. The number of fused-ring (bicyclic) bond motifs is 1. The lowest BCUT2D eigenvalue weighted by atomic mass is 9.57. The SMILES string of the molecule is CC1(O)CCC2(CCC(=O)NCCN3CCOCC3)C(NC(=O)c3ccccc3)CC(C)(C)C2C1. The molecule has 35 heavy (non-hydrogen) atoms. The number of rotatable bonds is 8. The molecular formula is C28H43N3O4. The van der Waals surface area contributed by atoms with Crippen LogP contribution < -0.4 is 10.6 Å². The Hall–Kier alpha value is -1.96. The summed E-state index contributed by atoms with van der Waals surface area (Å²) >= 11 is 0. The number of amides is 2. The van der Waals surface area contributed by atoms with Crippen molar-refractivity contribution >= 4 is 11.8 Å². The molecule has 0 bridgehead atoms. The second-order valence-electron chi connectivity index (χ2n) is 11.9. The molecule has 0 aromatic heterocycles. The van der Waals surface area contributed by atoms with Crippen LogP contribution in [0.4, 0.5) is 0 Å². The van der Waals surface area contributed by atoms with Gasteiger partial charge in [-0.2, -0.15) is 0 Å². The zero-order chi connectivity index (χ0) is 25.1. The van der Waals surface area contributed by atoms with Gasteiger partial charge in [0.2, 0.25) is 5.91 Å². The molecule has 1 aromatic carbocycles. The van der Waals surface area contributed by atoms with Crippen molar-refractivity contribution in [1.82, 2.24) is 15.5 Å². The number of ether oxygens (including phenoxy) is 1. The average Bonchev–Trinajstić information content (AvgIpc) is 3.04. The monoisotopic (exact) mass is 485 g/mol. The minimum Gasteiger partial charge on any atom is -0.390 e. The highest BCUT2D eigenvalue weighted by Crippen LogP contribution is 2.63. The summed E-state index contributed by atoms with van der Waals surface area (Å²) in [5, 5.41) is 17.4. The van der Waals surface area contributed by atoms with E-state index < -0.39 is 5.60 Å². The van der Waals surface area contributed by atoms with E-state index in [2.05, 4.69) is 29.4 Å². The molecule has 4 atom stereocenters. The van der Waals surface area contributed by atoms with Crippen LogP contribution in [-0.2, 0) is 9.53 Å². The van der Waals surface area contributed by atoms with E-state index in [-0.39, 0.29) is 34.6 Å². The average molecular weight is 486 g/mol. The lowest BCUT2D eigenvalue weighted by Gasteiger charge is -2.50. The molecule has 1 saturated heterocycles. The summed E-state index contributed by atoms with van der Waals surface area (Å²) in [6.07, 6.45) is 4.22. The van der Waals surface area contributed by atoms with Gasteiger partial charge in [-0.1, -0.05) is 32.0 Å². The van der Waals surface area contributed by atoms with Crippen LogP contribution in [0.15, 0.2) is 30.3 Å². The number of nitrogens with zero attached hydrogens (tertiary/aromatic N) is 1. The minimum atomic E-state index is -0.704. The maximum absolute atomic E-state index is 13.1. The van der Waals surface area contributed by atoms with E-state index in [4.69, 9.17) is 4.74 Å². The summed E-state index contributed by atoms with van der Waals surface area (Å²) in [7, 11) is 0. The summed E-state index contributed by atoms with van der Waals surface area (Å²) in [4.78, 5) is 28.3. The molecule has 2 amide bonds.